The lowest BCUT2D eigenvalue weighted by Crippen LogP contribution is -2.27. The Morgan fingerprint density at radius 2 is 2.22 bits per heavy atom. The molecule has 7 nitrogen and oxygen atoms in total. The Morgan fingerprint density at radius 3 is 3.00 bits per heavy atom. The highest BCUT2D eigenvalue weighted by Crippen LogP contribution is 2.19. The third kappa shape index (κ3) is 3.84. The van der Waals surface area contributed by atoms with Crippen molar-refractivity contribution in [1.29, 1.82) is 0 Å². The molecule has 142 valence electrons. The van der Waals surface area contributed by atoms with Crippen molar-refractivity contribution in [1.82, 2.24) is 24.4 Å². The lowest BCUT2D eigenvalue weighted by molar-refractivity contribution is 0.301. The van der Waals surface area contributed by atoms with Crippen LogP contribution in [-0.2, 0) is 6.54 Å². The molecule has 0 aliphatic carbocycles. The molecular formula is C19H23ClN6O. The molecule has 0 bridgehead atoms. The molecule has 1 atom stereocenters. The minimum absolute atomic E-state index is 0.219. The second-order valence-corrected chi connectivity index (χ2v) is 7.44. The molecule has 1 aromatic carbocycles. The van der Waals surface area contributed by atoms with Crippen molar-refractivity contribution in [3.05, 3.63) is 51.5 Å². The number of benzene rings is 1. The van der Waals surface area contributed by atoms with Gasteiger partial charge in [-0.2, -0.15) is 4.98 Å². The summed E-state index contributed by atoms with van der Waals surface area (Å²) in [6.45, 7) is 2.34. The number of aromatic nitrogens is 4. The monoisotopic (exact) mass is 386 g/mol. The molecule has 3 aromatic rings. The maximum absolute atomic E-state index is 12.4. The third-order valence-electron chi connectivity index (χ3n) is 5.23. The first-order chi connectivity index (χ1) is 13.1. The Morgan fingerprint density at radius 1 is 1.37 bits per heavy atom. The van der Waals surface area contributed by atoms with Gasteiger partial charge in [-0.05, 0) is 44.5 Å². The molecule has 4 rings (SSSR count). The van der Waals surface area contributed by atoms with Crippen molar-refractivity contribution in [2.75, 3.05) is 25.5 Å². The lowest BCUT2D eigenvalue weighted by Gasteiger charge is -2.19. The normalized spacial score (nSPS) is 17.6. The number of aromatic amines is 1. The van der Waals surface area contributed by atoms with Gasteiger partial charge in [-0.1, -0.05) is 29.8 Å². The van der Waals surface area contributed by atoms with Crippen LogP contribution >= 0.6 is 11.6 Å². The first-order valence-corrected chi connectivity index (χ1v) is 9.62. The Hall–Kier alpha value is -2.38. The molecular weight excluding hydrogens is 364 g/mol. The molecule has 1 aliphatic heterocycles. The van der Waals surface area contributed by atoms with Gasteiger partial charge in [-0.25, -0.2) is 9.78 Å². The predicted molar refractivity (Wildman–Crippen MR) is 107 cm³/mol. The number of anilines is 1. The molecule has 3 heterocycles. The second-order valence-electron chi connectivity index (χ2n) is 7.03. The summed E-state index contributed by atoms with van der Waals surface area (Å²) in [5, 5.41) is 3.92. The van der Waals surface area contributed by atoms with Crippen molar-refractivity contribution in [3.8, 4) is 0 Å². The third-order valence-corrected chi connectivity index (χ3v) is 5.60. The van der Waals surface area contributed by atoms with E-state index in [0.717, 1.165) is 18.5 Å². The number of likely N-dealkylation sites (tertiary alicyclic amines) is 1. The molecule has 0 spiro atoms. The highest BCUT2D eigenvalue weighted by atomic mass is 35.5. The van der Waals surface area contributed by atoms with Crippen LogP contribution < -0.4 is 11.0 Å². The van der Waals surface area contributed by atoms with Gasteiger partial charge in [0, 0.05) is 17.6 Å². The molecule has 1 fully saturated rings. The summed E-state index contributed by atoms with van der Waals surface area (Å²) >= 11 is 6.24. The maximum Gasteiger partial charge on any atom is 0.328 e. The Balaban J connectivity index is 1.52. The van der Waals surface area contributed by atoms with Crippen molar-refractivity contribution < 1.29 is 0 Å². The average Bonchev–Trinajstić information content (AvgIpc) is 3.20. The van der Waals surface area contributed by atoms with Crippen molar-refractivity contribution in [2.45, 2.75) is 31.8 Å². The van der Waals surface area contributed by atoms with Crippen LogP contribution in [0.4, 0.5) is 5.95 Å². The van der Waals surface area contributed by atoms with Gasteiger partial charge >= 0.3 is 5.69 Å². The highest BCUT2D eigenvalue weighted by Gasteiger charge is 2.20. The highest BCUT2D eigenvalue weighted by molar-refractivity contribution is 6.31. The van der Waals surface area contributed by atoms with Crippen LogP contribution in [0.25, 0.3) is 11.2 Å². The summed E-state index contributed by atoms with van der Waals surface area (Å²) in [5.41, 5.74) is 1.85. The first kappa shape index (κ1) is 18.0. The largest absolute Gasteiger partial charge is 0.354 e. The molecule has 2 aromatic heterocycles. The van der Waals surface area contributed by atoms with Crippen LogP contribution in [0, 0.1) is 0 Å². The fourth-order valence-corrected chi connectivity index (χ4v) is 3.86. The zero-order valence-electron chi connectivity index (χ0n) is 15.3. The molecule has 1 aliphatic rings. The average molecular weight is 387 g/mol. The van der Waals surface area contributed by atoms with Gasteiger partial charge in [0.1, 0.15) is 5.52 Å². The van der Waals surface area contributed by atoms with Crippen LogP contribution in [0.1, 0.15) is 24.8 Å². The number of rotatable bonds is 6. The molecule has 27 heavy (non-hydrogen) atoms. The first-order valence-electron chi connectivity index (χ1n) is 9.25. The molecule has 8 heteroatoms. The van der Waals surface area contributed by atoms with Crippen molar-refractivity contribution >= 4 is 28.7 Å². The van der Waals surface area contributed by atoms with Crippen molar-refractivity contribution in [2.24, 2.45) is 0 Å². The number of hydrogen-bond acceptors (Lipinski definition) is 5. The zero-order chi connectivity index (χ0) is 18.8. The van der Waals surface area contributed by atoms with E-state index in [1.54, 1.807) is 10.8 Å². The molecule has 0 radical (unpaired) electrons. The fourth-order valence-electron chi connectivity index (χ4n) is 3.67. The summed E-state index contributed by atoms with van der Waals surface area (Å²) in [4.78, 5) is 26.4. The van der Waals surface area contributed by atoms with Gasteiger partial charge in [0.05, 0.1) is 12.7 Å². The minimum Gasteiger partial charge on any atom is -0.354 e. The SMILES string of the molecule is CN1CCCC1CCNc1ncc2[nH]c(=O)n(Cc3ccccc3Cl)c2n1. The van der Waals surface area contributed by atoms with E-state index in [4.69, 9.17) is 11.6 Å². The summed E-state index contributed by atoms with van der Waals surface area (Å²) in [5.74, 6) is 0.537. The van der Waals surface area contributed by atoms with Gasteiger partial charge in [-0.3, -0.25) is 4.57 Å². The van der Waals surface area contributed by atoms with Gasteiger partial charge in [0.25, 0.3) is 0 Å². The van der Waals surface area contributed by atoms with E-state index in [0.29, 0.717) is 34.7 Å². The number of imidazole rings is 1. The van der Waals surface area contributed by atoms with Gasteiger partial charge in [0.15, 0.2) is 5.65 Å². The second kappa shape index (κ2) is 7.70. The standard InChI is InChI=1S/C19H23ClN6O/c1-25-10-4-6-14(25)8-9-21-18-22-11-16-17(24-18)26(19(27)23-16)12-13-5-2-3-7-15(13)20/h2-3,5,7,11,14H,4,6,8-10,12H2,1H3,(H,23,27)(H,21,22,24). The lowest BCUT2D eigenvalue weighted by atomic mass is 10.1. The topological polar surface area (TPSA) is 78.8 Å². The van der Waals surface area contributed by atoms with Crippen LogP contribution in [0.15, 0.2) is 35.3 Å². The van der Waals surface area contributed by atoms with Crippen LogP contribution in [0.3, 0.4) is 0 Å². The maximum atomic E-state index is 12.4. The van der Waals surface area contributed by atoms with E-state index in [9.17, 15) is 4.79 Å². The molecule has 1 saturated heterocycles. The van der Waals surface area contributed by atoms with Crippen LogP contribution in [0.5, 0.6) is 0 Å². The van der Waals surface area contributed by atoms with E-state index < -0.39 is 0 Å². The van der Waals surface area contributed by atoms with E-state index >= 15 is 0 Å². The van der Waals surface area contributed by atoms with Crippen LogP contribution in [-0.4, -0.2) is 50.6 Å². The molecule has 2 N–H and O–H groups in total. The summed E-state index contributed by atoms with van der Waals surface area (Å²) < 4.78 is 1.59. The van der Waals surface area contributed by atoms with E-state index in [1.165, 1.54) is 19.4 Å². The van der Waals surface area contributed by atoms with E-state index in [2.05, 4.69) is 32.2 Å². The van der Waals surface area contributed by atoms with E-state index in [1.807, 2.05) is 24.3 Å². The number of nitrogens with one attached hydrogen (secondary N) is 2. The van der Waals surface area contributed by atoms with Crippen molar-refractivity contribution in [3.63, 3.8) is 0 Å². The number of hydrogen-bond donors (Lipinski definition) is 2. The molecule has 0 amide bonds. The molecule has 1 unspecified atom stereocenters. The smallest absolute Gasteiger partial charge is 0.328 e. The fraction of sp³-hybridized carbons (Fsp3) is 0.421. The zero-order valence-corrected chi connectivity index (χ0v) is 16.0. The number of nitrogens with zero attached hydrogens (tertiary/aromatic N) is 4. The van der Waals surface area contributed by atoms with Gasteiger partial charge < -0.3 is 15.2 Å². The van der Waals surface area contributed by atoms with E-state index in [-0.39, 0.29) is 5.69 Å². The Labute approximate surface area is 162 Å². The summed E-state index contributed by atoms with van der Waals surface area (Å²) in [7, 11) is 2.17. The Bertz CT molecular complexity index is 997. The van der Waals surface area contributed by atoms with Crippen LogP contribution in [0.2, 0.25) is 5.02 Å². The number of halogens is 1. The summed E-state index contributed by atoms with van der Waals surface area (Å²) in [6.07, 6.45) is 5.21. The number of fused-ring (bicyclic) bond motifs is 1. The quantitative estimate of drug-likeness (QED) is 0.681. The summed E-state index contributed by atoms with van der Waals surface area (Å²) in [6, 6.07) is 8.12. The minimum atomic E-state index is -0.219. The van der Waals surface area contributed by atoms with Gasteiger partial charge in [0.2, 0.25) is 5.95 Å². The Kier molecular flexibility index (Phi) is 5.13. The predicted octanol–water partition coefficient (Wildman–Crippen LogP) is 2.72. The molecule has 0 saturated carbocycles. The van der Waals surface area contributed by atoms with Gasteiger partial charge in [-0.15, -0.1) is 0 Å². The number of H-pyrrole nitrogens is 1.